The Morgan fingerprint density at radius 3 is 1.74 bits per heavy atom. The smallest absolute Gasteiger partial charge is 0.334 e. The van der Waals surface area contributed by atoms with E-state index in [1.165, 1.54) is 12.1 Å². The number of para-hydroxylation sites is 1. The van der Waals surface area contributed by atoms with Gasteiger partial charge in [0.1, 0.15) is 10.7 Å². The van der Waals surface area contributed by atoms with Crippen molar-refractivity contribution in [1.29, 1.82) is 0 Å². The number of urea groups is 1. The van der Waals surface area contributed by atoms with Gasteiger partial charge in [0.25, 0.3) is 21.8 Å². The van der Waals surface area contributed by atoms with Crippen LogP contribution in [0.3, 0.4) is 0 Å². The minimum atomic E-state index is -4.15. The second kappa shape index (κ2) is 8.80. The third-order valence-corrected chi connectivity index (χ3v) is 7.12. The number of rotatable bonds is 5. The third kappa shape index (κ3) is 4.19. The highest BCUT2D eigenvalue weighted by Gasteiger charge is 2.49. The summed E-state index contributed by atoms with van der Waals surface area (Å²) < 4.78 is 29.4. The molecule has 0 aliphatic carbocycles. The van der Waals surface area contributed by atoms with Gasteiger partial charge in [-0.2, -0.15) is 8.42 Å². The van der Waals surface area contributed by atoms with Gasteiger partial charge in [0.2, 0.25) is 0 Å². The topological polar surface area (TPSA) is 116 Å². The first kappa shape index (κ1) is 22.5. The quantitative estimate of drug-likeness (QED) is 0.552. The molecule has 176 valence electrons. The molecular weight excluding hydrogens is 468 g/mol. The Balaban J connectivity index is 1.56. The lowest BCUT2D eigenvalue weighted by atomic mass is 10.00. The maximum absolute atomic E-state index is 13.5. The summed E-state index contributed by atoms with van der Waals surface area (Å²) in [7, 11) is -4.15. The van der Waals surface area contributed by atoms with Crippen LogP contribution < -0.4 is 5.32 Å². The minimum absolute atomic E-state index is 0.0576. The second-order valence-electron chi connectivity index (χ2n) is 8.11. The zero-order valence-electron chi connectivity index (χ0n) is 18.4. The van der Waals surface area contributed by atoms with E-state index in [0.717, 1.165) is 9.80 Å². The molecule has 0 atom stereocenters. The van der Waals surface area contributed by atoms with Gasteiger partial charge < -0.3 is 5.32 Å². The van der Waals surface area contributed by atoms with E-state index in [-0.39, 0.29) is 29.5 Å². The zero-order chi connectivity index (χ0) is 24.6. The summed E-state index contributed by atoms with van der Waals surface area (Å²) in [5.74, 6) is -3.63. The van der Waals surface area contributed by atoms with Gasteiger partial charge >= 0.3 is 6.03 Å². The number of hydrogen-bond acceptors (Lipinski definition) is 6. The monoisotopic (exact) mass is 488 g/mol. The van der Waals surface area contributed by atoms with Gasteiger partial charge in [0.05, 0.1) is 18.8 Å². The Morgan fingerprint density at radius 2 is 1.20 bits per heavy atom. The molecule has 0 aromatic heterocycles. The largest absolute Gasteiger partial charge is 0.341 e. The second-order valence-corrected chi connectivity index (χ2v) is 9.68. The van der Waals surface area contributed by atoms with Crippen LogP contribution in [0.2, 0.25) is 0 Å². The van der Waals surface area contributed by atoms with Crippen molar-refractivity contribution in [3.05, 3.63) is 96.1 Å². The van der Waals surface area contributed by atoms with Crippen LogP contribution in [-0.4, -0.2) is 41.9 Å². The highest BCUT2D eigenvalue weighted by Crippen LogP contribution is 2.31. The van der Waals surface area contributed by atoms with Crippen molar-refractivity contribution in [2.75, 3.05) is 5.32 Å². The SMILES string of the molecule is O=C1C(C2=NS(=O)(=O)c3ccccc3N2)C(=O)N(Cc2ccccc2)C(=O)N1Cc1ccccc1. The molecule has 0 unspecified atom stereocenters. The lowest BCUT2D eigenvalue weighted by molar-refractivity contribution is -0.146. The first-order valence-corrected chi connectivity index (χ1v) is 12.2. The maximum atomic E-state index is 13.5. The van der Waals surface area contributed by atoms with Crippen LogP contribution in [0.5, 0.6) is 0 Å². The molecule has 4 amide bonds. The molecule has 9 nitrogen and oxygen atoms in total. The molecular formula is C25H20N4O5S. The Morgan fingerprint density at radius 1 is 0.714 bits per heavy atom. The predicted octanol–water partition coefficient (Wildman–Crippen LogP) is 3.01. The highest BCUT2D eigenvalue weighted by atomic mass is 32.2. The van der Waals surface area contributed by atoms with Gasteiger partial charge in [-0.15, -0.1) is 4.40 Å². The average Bonchev–Trinajstić information content (AvgIpc) is 2.85. The van der Waals surface area contributed by atoms with Crippen molar-refractivity contribution in [2.45, 2.75) is 18.0 Å². The van der Waals surface area contributed by atoms with Crippen molar-refractivity contribution < 1.29 is 22.8 Å². The standard InChI is InChI=1S/C25H20N4O5S/c30-23-21(22-26-19-13-7-8-14-20(19)35(33,34)27-22)24(31)29(16-18-11-5-2-6-12-18)25(32)28(23)15-17-9-3-1-4-10-17/h1-14,21H,15-16H2,(H,26,27). The zero-order valence-corrected chi connectivity index (χ0v) is 19.2. The fourth-order valence-electron chi connectivity index (χ4n) is 4.07. The Kier molecular flexibility index (Phi) is 5.65. The number of amidine groups is 1. The number of nitrogens with zero attached hydrogens (tertiary/aromatic N) is 3. The molecule has 1 N–H and O–H groups in total. The van der Waals surface area contributed by atoms with Gasteiger partial charge in [0.15, 0.2) is 5.92 Å². The summed E-state index contributed by atoms with van der Waals surface area (Å²) in [4.78, 5) is 42.2. The molecule has 10 heteroatoms. The van der Waals surface area contributed by atoms with Crippen LogP contribution in [0.25, 0.3) is 0 Å². The summed E-state index contributed by atoms with van der Waals surface area (Å²) in [6.07, 6.45) is 0. The molecule has 2 aliphatic rings. The number of sulfonamides is 1. The third-order valence-electron chi connectivity index (χ3n) is 5.77. The molecule has 0 saturated carbocycles. The van der Waals surface area contributed by atoms with Gasteiger partial charge in [-0.05, 0) is 23.3 Å². The molecule has 2 heterocycles. The maximum Gasteiger partial charge on any atom is 0.334 e. The van der Waals surface area contributed by atoms with E-state index in [2.05, 4.69) is 9.71 Å². The summed E-state index contributed by atoms with van der Waals surface area (Å²) in [5, 5.41) is 2.83. The summed E-state index contributed by atoms with van der Waals surface area (Å²) in [5.41, 5.74) is 1.57. The van der Waals surface area contributed by atoms with Crippen molar-refractivity contribution >= 4 is 39.4 Å². The Bertz CT molecular complexity index is 1390. The van der Waals surface area contributed by atoms with Gasteiger partial charge in [-0.3, -0.25) is 19.4 Å². The number of anilines is 1. The number of hydrogen-bond donors (Lipinski definition) is 1. The molecule has 0 bridgehead atoms. The van der Waals surface area contributed by atoms with E-state index in [9.17, 15) is 22.8 Å². The van der Waals surface area contributed by atoms with Crippen LogP contribution in [0.1, 0.15) is 11.1 Å². The Hall–Kier alpha value is -4.31. The lowest BCUT2D eigenvalue weighted by Gasteiger charge is -2.37. The molecule has 3 aromatic rings. The number of carbonyl (C=O) groups is 3. The molecule has 1 saturated heterocycles. The van der Waals surface area contributed by atoms with Gasteiger partial charge in [-0.1, -0.05) is 72.8 Å². The van der Waals surface area contributed by atoms with Crippen LogP contribution in [-0.2, 0) is 32.7 Å². The lowest BCUT2D eigenvalue weighted by Crippen LogP contribution is -2.61. The fraction of sp³-hybridized carbons (Fsp3) is 0.120. The number of nitrogens with one attached hydrogen (secondary N) is 1. The van der Waals surface area contributed by atoms with Crippen molar-refractivity contribution in [2.24, 2.45) is 10.3 Å². The van der Waals surface area contributed by atoms with E-state index in [1.54, 1.807) is 72.8 Å². The van der Waals surface area contributed by atoms with E-state index < -0.39 is 33.8 Å². The van der Waals surface area contributed by atoms with Crippen molar-refractivity contribution in [1.82, 2.24) is 9.80 Å². The fourth-order valence-corrected chi connectivity index (χ4v) is 5.22. The van der Waals surface area contributed by atoms with E-state index in [0.29, 0.717) is 11.1 Å². The normalized spacial score (nSPS) is 17.6. The summed E-state index contributed by atoms with van der Waals surface area (Å²) in [6.45, 7) is -0.158. The number of fused-ring (bicyclic) bond motifs is 1. The number of imide groups is 2. The number of benzene rings is 3. The van der Waals surface area contributed by atoms with Crippen LogP contribution >= 0.6 is 0 Å². The van der Waals surface area contributed by atoms with Crippen molar-refractivity contribution in [3.63, 3.8) is 0 Å². The molecule has 2 aliphatic heterocycles. The molecule has 1 fully saturated rings. The Labute approximate surface area is 201 Å². The number of amides is 4. The first-order chi connectivity index (χ1) is 16.8. The van der Waals surface area contributed by atoms with Gasteiger partial charge in [-0.25, -0.2) is 4.79 Å². The molecule has 0 radical (unpaired) electrons. The molecule has 0 spiro atoms. The van der Waals surface area contributed by atoms with Crippen LogP contribution in [0.15, 0.2) is 94.2 Å². The molecule has 3 aromatic carbocycles. The van der Waals surface area contributed by atoms with Crippen LogP contribution in [0.4, 0.5) is 10.5 Å². The summed E-state index contributed by atoms with van der Waals surface area (Å²) >= 11 is 0. The minimum Gasteiger partial charge on any atom is -0.341 e. The average molecular weight is 489 g/mol. The van der Waals surface area contributed by atoms with Gasteiger partial charge in [0, 0.05) is 0 Å². The van der Waals surface area contributed by atoms with E-state index >= 15 is 0 Å². The molecule has 35 heavy (non-hydrogen) atoms. The molecule has 5 rings (SSSR count). The van der Waals surface area contributed by atoms with E-state index in [4.69, 9.17) is 0 Å². The number of carbonyl (C=O) groups excluding carboxylic acids is 3. The summed E-state index contributed by atoms with van der Waals surface area (Å²) in [6, 6.07) is 23.0. The highest BCUT2D eigenvalue weighted by molar-refractivity contribution is 7.90. The predicted molar refractivity (Wildman–Crippen MR) is 128 cm³/mol. The van der Waals surface area contributed by atoms with Crippen LogP contribution in [0, 0.1) is 5.92 Å². The van der Waals surface area contributed by atoms with E-state index in [1.807, 2.05) is 0 Å². The number of barbiturate groups is 1. The first-order valence-electron chi connectivity index (χ1n) is 10.8. The van der Waals surface area contributed by atoms with Crippen molar-refractivity contribution in [3.8, 4) is 0 Å².